The van der Waals surface area contributed by atoms with Crippen LogP contribution in [-0.2, 0) is 28.9 Å². The molecule has 27 heavy (non-hydrogen) atoms. The molecule has 152 valence electrons. The summed E-state index contributed by atoms with van der Waals surface area (Å²) < 4.78 is 13.4. The molecule has 0 aliphatic carbocycles. The molecule has 3 heterocycles. The molecule has 8 nitrogen and oxygen atoms in total. The van der Waals surface area contributed by atoms with Crippen molar-refractivity contribution in [1.82, 2.24) is 25.4 Å². The van der Waals surface area contributed by atoms with Crippen molar-refractivity contribution in [3.8, 4) is 0 Å². The van der Waals surface area contributed by atoms with Gasteiger partial charge in [0.1, 0.15) is 11.6 Å². The topological polar surface area (TPSA) is 85.6 Å². The van der Waals surface area contributed by atoms with Crippen molar-refractivity contribution in [2.45, 2.75) is 64.5 Å². The van der Waals surface area contributed by atoms with Gasteiger partial charge in [0.25, 0.3) is 0 Å². The van der Waals surface area contributed by atoms with E-state index in [0.717, 1.165) is 89.3 Å². The molecule has 0 aromatic carbocycles. The number of aromatic nitrogens is 3. The van der Waals surface area contributed by atoms with Crippen molar-refractivity contribution in [3.05, 3.63) is 11.6 Å². The average Bonchev–Trinajstić information content (AvgIpc) is 3.26. The maximum atomic E-state index is 5.78. The van der Waals surface area contributed by atoms with E-state index >= 15 is 0 Å². The Hall–Kier alpha value is -1.67. The van der Waals surface area contributed by atoms with Crippen LogP contribution in [0.3, 0.4) is 0 Å². The van der Waals surface area contributed by atoms with E-state index in [2.05, 4.69) is 37.3 Å². The molecule has 1 unspecified atom stereocenters. The summed E-state index contributed by atoms with van der Waals surface area (Å²) in [5, 5.41) is 15.5. The van der Waals surface area contributed by atoms with Crippen molar-refractivity contribution in [1.29, 1.82) is 0 Å². The Morgan fingerprint density at radius 2 is 2.26 bits per heavy atom. The van der Waals surface area contributed by atoms with Gasteiger partial charge in [0, 0.05) is 52.2 Å². The fraction of sp³-hybridized carbons (Fsp3) is 0.842. The fourth-order valence-electron chi connectivity index (χ4n) is 3.51. The second-order valence-corrected chi connectivity index (χ2v) is 7.14. The van der Waals surface area contributed by atoms with Gasteiger partial charge in [-0.2, -0.15) is 0 Å². The Balaban J connectivity index is 1.38. The first-order chi connectivity index (χ1) is 13.4. The minimum Gasteiger partial charge on any atom is -0.379 e. The molecular formula is C19H34N6O2. The summed E-state index contributed by atoms with van der Waals surface area (Å²) in [6, 6.07) is 0. The molecule has 8 heteroatoms. The quantitative estimate of drug-likeness (QED) is 0.383. The minimum atomic E-state index is 0.277. The van der Waals surface area contributed by atoms with Gasteiger partial charge in [-0.15, -0.1) is 10.2 Å². The predicted molar refractivity (Wildman–Crippen MR) is 105 cm³/mol. The average molecular weight is 379 g/mol. The highest BCUT2D eigenvalue weighted by Crippen LogP contribution is 2.14. The van der Waals surface area contributed by atoms with E-state index in [-0.39, 0.29) is 6.10 Å². The summed E-state index contributed by atoms with van der Waals surface area (Å²) in [4.78, 5) is 4.64. The number of hydrogen-bond acceptors (Lipinski definition) is 5. The van der Waals surface area contributed by atoms with E-state index < -0.39 is 0 Å². The van der Waals surface area contributed by atoms with Crippen LogP contribution in [0.2, 0.25) is 0 Å². The number of guanidine groups is 1. The Kier molecular flexibility index (Phi) is 8.35. The summed E-state index contributed by atoms with van der Waals surface area (Å²) in [6.07, 6.45) is 7.87. The number of nitrogens with one attached hydrogen (secondary N) is 2. The van der Waals surface area contributed by atoms with Crippen LogP contribution in [0.1, 0.15) is 50.7 Å². The number of nitrogens with zero attached hydrogens (tertiary/aromatic N) is 4. The van der Waals surface area contributed by atoms with E-state index in [0.29, 0.717) is 0 Å². The van der Waals surface area contributed by atoms with Gasteiger partial charge in [-0.3, -0.25) is 4.99 Å². The Morgan fingerprint density at radius 3 is 3.11 bits per heavy atom. The highest BCUT2D eigenvalue weighted by molar-refractivity contribution is 5.79. The molecule has 3 rings (SSSR count). The number of ether oxygens (including phenoxy) is 2. The van der Waals surface area contributed by atoms with Gasteiger partial charge in [-0.25, -0.2) is 0 Å². The van der Waals surface area contributed by atoms with Gasteiger partial charge < -0.3 is 24.7 Å². The normalized spacial score (nSPS) is 20.3. The highest BCUT2D eigenvalue weighted by atomic mass is 16.5. The Bertz CT molecular complexity index is 583. The van der Waals surface area contributed by atoms with Crippen molar-refractivity contribution in [2.75, 3.05) is 39.5 Å². The summed E-state index contributed by atoms with van der Waals surface area (Å²) in [6.45, 7) is 7.84. The van der Waals surface area contributed by atoms with Gasteiger partial charge in [0.15, 0.2) is 5.96 Å². The van der Waals surface area contributed by atoms with Gasteiger partial charge >= 0.3 is 0 Å². The molecule has 1 aromatic rings. The van der Waals surface area contributed by atoms with Crippen molar-refractivity contribution < 1.29 is 9.47 Å². The second-order valence-electron chi connectivity index (χ2n) is 7.14. The van der Waals surface area contributed by atoms with Crippen LogP contribution < -0.4 is 10.6 Å². The molecular weight excluding hydrogens is 344 g/mol. The van der Waals surface area contributed by atoms with Gasteiger partial charge in [-0.1, -0.05) is 6.42 Å². The van der Waals surface area contributed by atoms with Crippen molar-refractivity contribution in [3.63, 3.8) is 0 Å². The first-order valence-electron chi connectivity index (χ1n) is 10.5. The first kappa shape index (κ1) is 20.1. The zero-order valence-corrected chi connectivity index (χ0v) is 16.6. The standard InChI is InChI=1S/C19H34N6O2/c1-2-20-19(21-10-6-13-27-16-9-14-26-15-16)22-11-8-18-24-23-17-7-4-3-5-12-25(17)18/h16H,2-15H2,1H3,(H2,20,21,22). The van der Waals surface area contributed by atoms with E-state index in [1.807, 2.05) is 0 Å². The number of hydrogen-bond donors (Lipinski definition) is 2. The maximum absolute atomic E-state index is 5.78. The number of aliphatic imine (C=N–C) groups is 1. The van der Waals surface area contributed by atoms with Crippen LogP contribution in [0.5, 0.6) is 0 Å². The predicted octanol–water partition coefficient (Wildman–Crippen LogP) is 1.30. The lowest BCUT2D eigenvalue weighted by Crippen LogP contribution is -2.38. The molecule has 0 amide bonds. The van der Waals surface area contributed by atoms with E-state index in [4.69, 9.17) is 9.47 Å². The van der Waals surface area contributed by atoms with Crippen molar-refractivity contribution in [2.24, 2.45) is 4.99 Å². The van der Waals surface area contributed by atoms with E-state index in [1.54, 1.807) is 0 Å². The summed E-state index contributed by atoms with van der Waals surface area (Å²) in [5.41, 5.74) is 0. The number of rotatable bonds is 9. The lowest BCUT2D eigenvalue weighted by Gasteiger charge is -2.12. The minimum absolute atomic E-state index is 0.277. The Morgan fingerprint density at radius 1 is 1.30 bits per heavy atom. The molecule has 1 aromatic heterocycles. The monoisotopic (exact) mass is 378 g/mol. The lowest BCUT2D eigenvalue weighted by atomic mass is 10.2. The molecule has 1 fully saturated rings. The first-order valence-corrected chi connectivity index (χ1v) is 10.5. The molecule has 0 radical (unpaired) electrons. The van der Waals surface area contributed by atoms with E-state index in [9.17, 15) is 0 Å². The third kappa shape index (κ3) is 6.46. The molecule has 0 saturated carbocycles. The second kappa shape index (κ2) is 11.2. The SMILES string of the molecule is CCNC(=NCCCOC1CCOC1)NCCc1nnc2n1CCCCC2. The van der Waals surface area contributed by atoms with Crippen LogP contribution in [0, 0.1) is 0 Å². The van der Waals surface area contributed by atoms with Gasteiger partial charge in [0.2, 0.25) is 0 Å². The zero-order chi connectivity index (χ0) is 18.7. The molecule has 0 spiro atoms. The van der Waals surface area contributed by atoms with Crippen LogP contribution >= 0.6 is 0 Å². The third-order valence-electron chi connectivity index (χ3n) is 4.99. The molecule has 1 atom stereocenters. The van der Waals surface area contributed by atoms with Crippen LogP contribution in [-0.4, -0.2) is 66.3 Å². The summed E-state index contributed by atoms with van der Waals surface area (Å²) in [5.74, 6) is 3.09. The maximum Gasteiger partial charge on any atom is 0.191 e. The van der Waals surface area contributed by atoms with Gasteiger partial charge in [-0.05, 0) is 32.6 Å². The van der Waals surface area contributed by atoms with Crippen molar-refractivity contribution >= 4 is 5.96 Å². The molecule has 2 aliphatic rings. The van der Waals surface area contributed by atoms with Crippen LogP contribution in [0.4, 0.5) is 0 Å². The smallest absolute Gasteiger partial charge is 0.191 e. The Labute approximate surface area is 162 Å². The third-order valence-corrected chi connectivity index (χ3v) is 4.99. The molecule has 1 saturated heterocycles. The summed E-state index contributed by atoms with van der Waals surface area (Å²) in [7, 11) is 0. The fourth-order valence-corrected chi connectivity index (χ4v) is 3.51. The highest BCUT2D eigenvalue weighted by Gasteiger charge is 2.15. The summed E-state index contributed by atoms with van der Waals surface area (Å²) >= 11 is 0. The molecule has 2 N–H and O–H groups in total. The van der Waals surface area contributed by atoms with Crippen LogP contribution in [0.15, 0.2) is 4.99 Å². The molecule has 2 aliphatic heterocycles. The zero-order valence-electron chi connectivity index (χ0n) is 16.6. The number of aryl methyl sites for hydroxylation is 1. The van der Waals surface area contributed by atoms with Gasteiger partial charge in [0.05, 0.1) is 12.7 Å². The van der Waals surface area contributed by atoms with E-state index in [1.165, 1.54) is 19.3 Å². The number of fused-ring (bicyclic) bond motifs is 1. The lowest BCUT2D eigenvalue weighted by molar-refractivity contribution is 0.0424. The van der Waals surface area contributed by atoms with Crippen LogP contribution in [0.25, 0.3) is 0 Å². The largest absolute Gasteiger partial charge is 0.379 e. The molecule has 0 bridgehead atoms.